The van der Waals surface area contributed by atoms with Crippen molar-refractivity contribution in [2.45, 2.75) is 29.1 Å². The van der Waals surface area contributed by atoms with Crippen molar-refractivity contribution in [1.29, 1.82) is 0 Å². The first-order valence-electron chi connectivity index (χ1n) is 11.8. The second-order valence-electron chi connectivity index (χ2n) is 8.95. The lowest BCUT2D eigenvalue weighted by atomic mass is 10.1. The number of hydrogen-bond donors (Lipinski definition) is 1. The highest BCUT2D eigenvalue weighted by molar-refractivity contribution is 7.92. The molecule has 1 N–H and O–H groups in total. The number of anilines is 2. The van der Waals surface area contributed by atoms with Gasteiger partial charge in [-0.3, -0.25) is 10.1 Å². The van der Waals surface area contributed by atoms with Gasteiger partial charge in [-0.2, -0.15) is 0 Å². The van der Waals surface area contributed by atoms with Gasteiger partial charge in [0.05, 0.1) is 30.0 Å². The van der Waals surface area contributed by atoms with Crippen LogP contribution < -0.4 is 10.2 Å². The Labute approximate surface area is 218 Å². The Morgan fingerprint density at radius 3 is 2.51 bits per heavy atom. The largest absolute Gasteiger partial charge is 0.389 e. The minimum absolute atomic E-state index is 0.00115. The first kappa shape index (κ1) is 25.5. The summed E-state index contributed by atoms with van der Waals surface area (Å²) in [5.74, 6) is 0.244. The molecule has 3 aromatic rings. The van der Waals surface area contributed by atoms with Gasteiger partial charge in [0.15, 0.2) is 26.8 Å². The van der Waals surface area contributed by atoms with E-state index >= 15 is 0 Å². The van der Waals surface area contributed by atoms with Crippen molar-refractivity contribution in [3.05, 3.63) is 42.0 Å². The number of sulfone groups is 1. The fraction of sp³-hybridized carbons (Fsp3) is 0.417. The van der Waals surface area contributed by atoms with E-state index in [1.54, 1.807) is 12.1 Å². The number of carbonyl (C=O) groups excluding carboxylic acids is 1. The molecular formula is C24H27N5O6S2. The average molecular weight is 546 g/mol. The van der Waals surface area contributed by atoms with Crippen molar-refractivity contribution in [2.75, 3.05) is 50.7 Å². The Hall–Kier alpha value is -3.13. The van der Waals surface area contributed by atoms with Crippen LogP contribution in [0, 0.1) is 0 Å². The molecule has 2 aromatic heterocycles. The van der Waals surface area contributed by atoms with Crippen LogP contribution >= 0.6 is 11.3 Å². The number of pyridine rings is 1. The summed E-state index contributed by atoms with van der Waals surface area (Å²) in [7, 11) is 0.262. The van der Waals surface area contributed by atoms with Gasteiger partial charge < -0.3 is 19.2 Å². The van der Waals surface area contributed by atoms with Crippen molar-refractivity contribution in [3.8, 4) is 0 Å². The topological polar surface area (TPSA) is 132 Å². The number of nitrogens with zero attached hydrogens (tertiary/aromatic N) is 4. The molecule has 2 fully saturated rings. The highest BCUT2D eigenvalue weighted by Crippen LogP contribution is 2.27. The Morgan fingerprint density at radius 2 is 1.84 bits per heavy atom. The van der Waals surface area contributed by atoms with Gasteiger partial charge in [0, 0.05) is 32.7 Å². The van der Waals surface area contributed by atoms with Crippen LogP contribution in [0.2, 0.25) is 0 Å². The van der Waals surface area contributed by atoms with Crippen LogP contribution in [0.1, 0.15) is 18.4 Å². The number of carbonyl (C=O) groups is 1. The van der Waals surface area contributed by atoms with Gasteiger partial charge in [-0.05, 0) is 30.7 Å². The van der Waals surface area contributed by atoms with Crippen LogP contribution in [0.5, 0.6) is 0 Å². The minimum Gasteiger partial charge on any atom is -0.389 e. The quantitative estimate of drug-likeness (QED) is 0.335. The SMILES string of the molecule is CN(C)c1ccc2nc(NC(=O)C(=NO[C@@H]3CCOC3)c3ccc(S(=O)(=O)[C@H]4CCOC4)cc3)sc2n1. The lowest BCUT2D eigenvalue weighted by molar-refractivity contribution is -0.110. The molecule has 1 amide bonds. The van der Waals surface area contributed by atoms with E-state index in [1.807, 2.05) is 31.1 Å². The van der Waals surface area contributed by atoms with E-state index < -0.39 is 21.0 Å². The molecule has 0 saturated carbocycles. The molecule has 13 heteroatoms. The lowest BCUT2D eigenvalue weighted by Crippen LogP contribution is -2.25. The molecule has 0 unspecified atom stereocenters. The van der Waals surface area contributed by atoms with Crippen LogP contribution in [-0.2, 0) is 28.9 Å². The third-order valence-corrected chi connectivity index (χ3v) is 9.16. The zero-order chi connectivity index (χ0) is 26.0. The molecule has 37 heavy (non-hydrogen) atoms. The van der Waals surface area contributed by atoms with Gasteiger partial charge in [0.2, 0.25) is 0 Å². The van der Waals surface area contributed by atoms with Crippen molar-refractivity contribution in [2.24, 2.45) is 5.16 Å². The third-order valence-electron chi connectivity index (χ3n) is 6.10. The van der Waals surface area contributed by atoms with Crippen LogP contribution in [-0.4, -0.2) is 81.9 Å². The zero-order valence-electron chi connectivity index (χ0n) is 20.4. The predicted octanol–water partition coefficient (Wildman–Crippen LogP) is 2.47. The zero-order valence-corrected chi connectivity index (χ0v) is 22.0. The number of hydrogen-bond acceptors (Lipinski definition) is 11. The normalized spacial score (nSPS) is 20.3. The second-order valence-corrected chi connectivity index (χ2v) is 12.2. The van der Waals surface area contributed by atoms with E-state index in [2.05, 4.69) is 20.4 Å². The molecule has 2 atom stereocenters. The van der Waals surface area contributed by atoms with Crippen LogP contribution in [0.4, 0.5) is 10.9 Å². The smallest absolute Gasteiger partial charge is 0.280 e. The molecule has 0 bridgehead atoms. The van der Waals surface area contributed by atoms with E-state index in [9.17, 15) is 13.2 Å². The highest BCUT2D eigenvalue weighted by atomic mass is 32.2. The number of thiazole rings is 1. The predicted molar refractivity (Wildman–Crippen MR) is 140 cm³/mol. The van der Waals surface area contributed by atoms with Crippen LogP contribution in [0.25, 0.3) is 10.3 Å². The number of rotatable bonds is 8. The summed E-state index contributed by atoms with van der Waals surface area (Å²) in [4.78, 5) is 30.7. The lowest BCUT2D eigenvalue weighted by Gasteiger charge is -2.12. The molecule has 0 spiro atoms. The Morgan fingerprint density at radius 1 is 1.08 bits per heavy atom. The minimum atomic E-state index is -3.53. The van der Waals surface area contributed by atoms with Crippen molar-refractivity contribution in [3.63, 3.8) is 0 Å². The summed E-state index contributed by atoms with van der Waals surface area (Å²) in [5.41, 5.74) is 1.07. The molecule has 0 radical (unpaired) electrons. The molecule has 5 rings (SSSR count). The van der Waals surface area contributed by atoms with Crippen LogP contribution in [0.3, 0.4) is 0 Å². The average Bonchev–Trinajstić information content (AvgIpc) is 3.66. The van der Waals surface area contributed by atoms with E-state index in [-0.39, 0.29) is 23.3 Å². The first-order chi connectivity index (χ1) is 17.8. The first-order valence-corrected chi connectivity index (χ1v) is 14.2. The highest BCUT2D eigenvalue weighted by Gasteiger charge is 2.31. The van der Waals surface area contributed by atoms with Crippen molar-refractivity contribution in [1.82, 2.24) is 9.97 Å². The van der Waals surface area contributed by atoms with Crippen molar-refractivity contribution >= 4 is 54.1 Å². The van der Waals surface area contributed by atoms with E-state index in [4.69, 9.17) is 14.3 Å². The molecule has 2 aliphatic rings. The summed E-state index contributed by atoms with van der Waals surface area (Å²) in [6, 6.07) is 9.77. The number of nitrogens with one attached hydrogen (secondary N) is 1. The summed E-state index contributed by atoms with van der Waals surface area (Å²) in [6.45, 7) is 1.56. The number of fused-ring (bicyclic) bond motifs is 1. The molecule has 196 valence electrons. The van der Waals surface area contributed by atoms with Gasteiger partial charge >= 0.3 is 0 Å². The number of oxime groups is 1. The monoisotopic (exact) mass is 545 g/mol. The molecule has 2 aliphatic heterocycles. The standard InChI is InChI=1S/C24H27N5O6S2/c1-29(2)20-8-7-19-23(26-20)36-24(25-19)27-22(30)21(28-35-16-9-11-33-13-16)15-3-5-17(6-4-15)37(31,32)18-10-12-34-14-18/h3-8,16,18H,9-14H2,1-2H3,(H,25,27,30)/t16-,18+/m1/s1. The number of benzene rings is 1. The molecule has 4 heterocycles. The van der Waals surface area contributed by atoms with E-state index in [0.29, 0.717) is 53.7 Å². The molecule has 11 nitrogen and oxygen atoms in total. The molecular weight excluding hydrogens is 518 g/mol. The van der Waals surface area contributed by atoms with Gasteiger partial charge in [0.1, 0.15) is 16.2 Å². The summed E-state index contributed by atoms with van der Waals surface area (Å²) in [6.07, 6.45) is 0.862. The van der Waals surface area contributed by atoms with Gasteiger partial charge in [-0.1, -0.05) is 28.6 Å². The maximum absolute atomic E-state index is 13.3. The maximum atomic E-state index is 13.3. The summed E-state index contributed by atoms with van der Waals surface area (Å²) >= 11 is 1.25. The van der Waals surface area contributed by atoms with Gasteiger partial charge in [-0.15, -0.1) is 0 Å². The van der Waals surface area contributed by atoms with Gasteiger partial charge in [-0.25, -0.2) is 18.4 Å². The van der Waals surface area contributed by atoms with Gasteiger partial charge in [0.25, 0.3) is 5.91 Å². The van der Waals surface area contributed by atoms with E-state index in [1.165, 1.54) is 23.5 Å². The summed E-state index contributed by atoms with van der Waals surface area (Å²) in [5, 5.41) is 6.72. The fourth-order valence-corrected chi connectivity index (χ4v) is 6.38. The molecule has 0 aliphatic carbocycles. The molecule has 2 saturated heterocycles. The Kier molecular flexibility index (Phi) is 7.38. The Bertz CT molecular complexity index is 1410. The third kappa shape index (κ3) is 5.59. The number of aromatic nitrogens is 2. The van der Waals surface area contributed by atoms with Crippen molar-refractivity contribution < 1.29 is 27.5 Å². The second kappa shape index (κ2) is 10.7. The summed E-state index contributed by atoms with van der Waals surface area (Å²) < 4.78 is 36.4. The fourth-order valence-electron chi connectivity index (χ4n) is 3.97. The number of amides is 1. The molecule has 1 aromatic carbocycles. The number of ether oxygens (including phenoxy) is 2. The Balaban J connectivity index is 1.40. The van der Waals surface area contributed by atoms with Crippen LogP contribution in [0.15, 0.2) is 46.4 Å². The maximum Gasteiger partial charge on any atom is 0.280 e. The van der Waals surface area contributed by atoms with E-state index in [0.717, 1.165) is 5.82 Å².